The molecule has 2 unspecified atom stereocenters. The summed E-state index contributed by atoms with van der Waals surface area (Å²) in [5, 5.41) is 11.4. The third kappa shape index (κ3) is 4.97. The lowest BCUT2D eigenvalue weighted by atomic mass is 10.0. The largest absolute Gasteiger partial charge is 0.465 e. The molecule has 2 rings (SSSR count). The summed E-state index contributed by atoms with van der Waals surface area (Å²) >= 11 is 0. The van der Waals surface area contributed by atoms with Gasteiger partial charge in [-0.15, -0.1) is 0 Å². The van der Waals surface area contributed by atoms with Crippen LogP contribution >= 0.6 is 0 Å². The van der Waals surface area contributed by atoms with Gasteiger partial charge in [0.2, 0.25) is 11.8 Å². The fraction of sp³-hybridized carbons (Fsp3) is 0.471. The third-order valence-electron chi connectivity index (χ3n) is 4.27. The Labute approximate surface area is 140 Å². The van der Waals surface area contributed by atoms with Crippen molar-refractivity contribution >= 4 is 17.9 Å². The first-order chi connectivity index (χ1) is 11.5. The van der Waals surface area contributed by atoms with E-state index in [4.69, 9.17) is 10.8 Å². The standard InChI is InChI=1S/C17H23N3O4/c18-16(22)14-7-4-10-20(14)15(21)11-13(19-17(23)24)9-8-12-5-2-1-3-6-12/h1-3,5-6,13-14,19H,4,7-11H2,(H2,18,22)(H,23,24). The molecule has 2 atom stereocenters. The second kappa shape index (κ2) is 8.33. The summed E-state index contributed by atoms with van der Waals surface area (Å²) < 4.78 is 0. The van der Waals surface area contributed by atoms with E-state index in [0.29, 0.717) is 25.8 Å². The zero-order chi connectivity index (χ0) is 17.5. The number of hydrogen-bond acceptors (Lipinski definition) is 3. The molecule has 0 radical (unpaired) electrons. The maximum Gasteiger partial charge on any atom is 0.404 e. The van der Waals surface area contributed by atoms with Gasteiger partial charge in [0.25, 0.3) is 0 Å². The molecule has 1 aliphatic heterocycles. The Bertz CT molecular complexity index is 591. The zero-order valence-electron chi connectivity index (χ0n) is 13.5. The Balaban J connectivity index is 1.96. The summed E-state index contributed by atoms with van der Waals surface area (Å²) in [6.07, 6.45) is 1.36. The molecule has 1 saturated heterocycles. The van der Waals surface area contributed by atoms with Crippen molar-refractivity contribution in [2.45, 2.75) is 44.2 Å². The van der Waals surface area contributed by atoms with Crippen LogP contribution in [0.2, 0.25) is 0 Å². The molecule has 0 bridgehead atoms. The van der Waals surface area contributed by atoms with E-state index in [1.807, 2.05) is 30.3 Å². The molecule has 4 N–H and O–H groups in total. The first kappa shape index (κ1) is 17.8. The minimum absolute atomic E-state index is 0.0307. The molecule has 1 aromatic rings. The zero-order valence-corrected chi connectivity index (χ0v) is 13.5. The SMILES string of the molecule is NC(=O)C1CCCN1C(=O)CC(CCc1ccccc1)NC(=O)O. The molecule has 0 saturated carbocycles. The van der Waals surface area contributed by atoms with Gasteiger partial charge in [0.1, 0.15) is 6.04 Å². The predicted molar refractivity (Wildman–Crippen MR) is 88.3 cm³/mol. The number of carbonyl (C=O) groups is 3. The number of carboxylic acid groups (broad SMARTS) is 1. The number of nitrogens with one attached hydrogen (secondary N) is 1. The van der Waals surface area contributed by atoms with Crippen LogP contribution in [0.1, 0.15) is 31.2 Å². The van der Waals surface area contributed by atoms with Crippen molar-refractivity contribution in [3.63, 3.8) is 0 Å². The van der Waals surface area contributed by atoms with Gasteiger partial charge < -0.3 is 21.1 Å². The van der Waals surface area contributed by atoms with E-state index in [1.165, 1.54) is 4.90 Å². The lowest BCUT2D eigenvalue weighted by molar-refractivity contribution is -0.137. The number of carbonyl (C=O) groups excluding carboxylic acids is 2. The fourth-order valence-electron chi connectivity index (χ4n) is 3.07. The molecule has 0 spiro atoms. The number of nitrogens with two attached hydrogens (primary N) is 1. The second-order valence-corrected chi connectivity index (χ2v) is 6.02. The van der Waals surface area contributed by atoms with Crippen LogP contribution in [0.15, 0.2) is 30.3 Å². The number of rotatable bonds is 7. The molecule has 1 fully saturated rings. The highest BCUT2D eigenvalue weighted by atomic mass is 16.4. The van der Waals surface area contributed by atoms with Gasteiger partial charge in [0, 0.05) is 19.0 Å². The van der Waals surface area contributed by atoms with E-state index in [0.717, 1.165) is 12.0 Å². The molecule has 24 heavy (non-hydrogen) atoms. The van der Waals surface area contributed by atoms with Crippen LogP contribution in [0.5, 0.6) is 0 Å². The van der Waals surface area contributed by atoms with Crippen LogP contribution in [0.4, 0.5) is 4.79 Å². The molecular weight excluding hydrogens is 310 g/mol. The third-order valence-corrected chi connectivity index (χ3v) is 4.27. The Hall–Kier alpha value is -2.57. The molecular formula is C17H23N3O4. The van der Waals surface area contributed by atoms with Crippen LogP contribution in [0.3, 0.4) is 0 Å². The summed E-state index contributed by atoms with van der Waals surface area (Å²) in [5.41, 5.74) is 6.41. The first-order valence-electron chi connectivity index (χ1n) is 8.09. The first-order valence-corrected chi connectivity index (χ1v) is 8.09. The molecule has 130 valence electrons. The number of amides is 3. The van der Waals surface area contributed by atoms with Gasteiger partial charge >= 0.3 is 6.09 Å². The Morgan fingerprint density at radius 3 is 2.62 bits per heavy atom. The van der Waals surface area contributed by atoms with Gasteiger partial charge in [-0.1, -0.05) is 30.3 Å². The van der Waals surface area contributed by atoms with E-state index in [2.05, 4.69) is 5.32 Å². The second-order valence-electron chi connectivity index (χ2n) is 6.02. The number of hydrogen-bond donors (Lipinski definition) is 3. The summed E-state index contributed by atoms with van der Waals surface area (Å²) in [6.45, 7) is 0.491. The highest BCUT2D eigenvalue weighted by Gasteiger charge is 2.33. The number of nitrogens with zero attached hydrogens (tertiary/aromatic N) is 1. The van der Waals surface area contributed by atoms with E-state index in [-0.39, 0.29) is 12.3 Å². The van der Waals surface area contributed by atoms with Crippen molar-refractivity contribution in [3.8, 4) is 0 Å². The topological polar surface area (TPSA) is 113 Å². The molecule has 1 heterocycles. The minimum Gasteiger partial charge on any atom is -0.465 e. The summed E-state index contributed by atoms with van der Waals surface area (Å²) in [5.74, 6) is -0.740. The monoisotopic (exact) mass is 333 g/mol. The lowest BCUT2D eigenvalue weighted by Crippen LogP contribution is -2.46. The number of primary amides is 1. The Morgan fingerprint density at radius 1 is 1.29 bits per heavy atom. The molecule has 7 heteroatoms. The Morgan fingerprint density at radius 2 is 2.00 bits per heavy atom. The highest BCUT2D eigenvalue weighted by molar-refractivity contribution is 5.87. The molecule has 0 aliphatic carbocycles. The number of aryl methyl sites for hydroxylation is 1. The fourth-order valence-corrected chi connectivity index (χ4v) is 3.07. The maximum atomic E-state index is 12.4. The summed E-state index contributed by atoms with van der Waals surface area (Å²) in [6, 6.07) is 8.61. The van der Waals surface area contributed by atoms with E-state index in [1.54, 1.807) is 0 Å². The van der Waals surface area contributed by atoms with Crippen molar-refractivity contribution in [2.75, 3.05) is 6.54 Å². The van der Waals surface area contributed by atoms with Crippen molar-refractivity contribution in [2.24, 2.45) is 5.73 Å². The highest BCUT2D eigenvalue weighted by Crippen LogP contribution is 2.19. The summed E-state index contributed by atoms with van der Waals surface area (Å²) in [4.78, 5) is 36.3. The quantitative estimate of drug-likeness (QED) is 0.694. The number of likely N-dealkylation sites (tertiary alicyclic amines) is 1. The average Bonchev–Trinajstić information content (AvgIpc) is 3.03. The Kier molecular flexibility index (Phi) is 6.17. The number of benzene rings is 1. The van der Waals surface area contributed by atoms with Crippen LogP contribution < -0.4 is 11.1 Å². The molecule has 7 nitrogen and oxygen atoms in total. The van der Waals surface area contributed by atoms with Crippen molar-refractivity contribution in [1.82, 2.24) is 10.2 Å². The van der Waals surface area contributed by atoms with Gasteiger partial charge in [-0.05, 0) is 31.2 Å². The van der Waals surface area contributed by atoms with Gasteiger partial charge in [0.15, 0.2) is 0 Å². The predicted octanol–water partition coefficient (Wildman–Crippen LogP) is 1.12. The van der Waals surface area contributed by atoms with Crippen LogP contribution in [-0.2, 0) is 16.0 Å². The van der Waals surface area contributed by atoms with Gasteiger partial charge in [-0.25, -0.2) is 4.79 Å². The molecule has 1 aliphatic rings. The van der Waals surface area contributed by atoms with Crippen LogP contribution in [0.25, 0.3) is 0 Å². The van der Waals surface area contributed by atoms with Crippen molar-refractivity contribution in [3.05, 3.63) is 35.9 Å². The van der Waals surface area contributed by atoms with Gasteiger partial charge in [-0.3, -0.25) is 9.59 Å². The normalized spacial score (nSPS) is 18.2. The van der Waals surface area contributed by atoms with E-state index < -0.39 is 24.1 Å². The average molecular weight is 333 g/mol. The minimum atomic E-state index is -1.16. The van der Waals surface area contributed by atoms with Crippen molar-refractivity contribution in [1.29, 1.82) is 0 Å². The smallest absolute Gasteiger partial charge is 0.404 e. The van der Waals surface area contributed by atoms with Crippen molar-refractivity contribution < 1.29 is 19.5 Å². The van der Waals surface area contributed by atoms with E-state index in [9.17, 15) is 14.4 Å². The molecule has 3 amide bonds. The van der Waals surface area contributed by atoms with Gasteiger partial charge in [0.05, 0.1) is 0 Å². The maximum absolute atomic E-state index is 12.4. The van der Waals surface area contributed by atoms with E-state index >= 15 is 0 Å². The molecule has 1 aromatic carbocycles. The van der Waals surface area contributed by atoms with Crippen LogP contribution in [0, 0.1) is 0 Å². The lowest BCUT2D eigenvalue weighted by Gasteiger charge is -2.25. The molecule has 0 aromatic heterocycles. The summed E-state index contributed by atoms with van der Waals surface area (Å²) in [7, 11) is 0. The van der Waals surface area contributed by atoms with Crippen LogP contribution in [-0.4, -0.2) is 46.5 Å². The van der Waals surface area contributed by atoms with Gasteiger partial charge in [-0.2, -0.15) is 0 Å².